The van der Waals surface area contributed by atoms with Crippen LogP contribution in [0.15, 0.2) is 95.0 Å². The van der Waals surface area contributed by atoms with E-state index >= 15 is 0 Å². The Hall–Kier alpha value is -3.69. The van der Waals surface area contributed by atoms with Gasteiger partial charge in [-0.2, -0.15) is 5.10 Å². The first-order valence-corrected chi connectivity index (χ1v) is 15.3. The minimum Gasteiger partial charge on any atom is -0.508 e. The predicted molar refractivity (Wildman–Crippen MR) is 172 cm³/mol. The van der Waals surface area contributed by atoms with Crippen molar-refractivity contribution in [2.24, 2.45) is 15.5 Å². The summed E-state index contributed by atoms with van der Waals surface area (Å²) in [5.41, 5.74) is 2.53. The van der Waals surface area contributed by atoms with Gasteiger partial charge in [0.2, 0.25) is 11.1 Å². The number of aromatic hydroxyl groups is 1. The summed E-state index contributed by atoms with van der Waals surface area (Å²) in [6.45, 7) is 12.8. The van der Waals surface area contributed by atoms with Crippen LogP contribution in [0.3, 0.4) is 0 Å². The third kappa shape index (κ3) is 6.63. The molecular formula is C32H36N6OS2. The quantitative estimate of drug-likeness (QED) is 0.182. The van der Waals surface area contributed by atoms with Crippen molar-refractivity contribution < 1.29 is 5.11 Å². The van der Waals surface area contributed by atoms with Crippen LogP contribution < -0.4 is 5.32 Å². The molecule has 0 saturated carbocycles. The lowest BCUT2D eigenvalue weighted by atomic mass is 9.98. The maximum Gasteiger partial charge on any atom is 0.223 e. The molecule has 0 aliphatic carbocycles. The minimum absolute atomic E-state index is 0.134. The molecule has 41 heavy (non-hydrogen) atoms. The highest BCUT2D eigenvalue weighted by molar-refractivity contribution is 8.14. The molecule has 3 aromatic carbocycles. The van der Waals surface area contributed by atoms with E-state index in [1.54, 1.807) is 17.8 Å². The van der Waals surface area contributed by atoms with Crippen molar-refractivity contribution in [2.45, 2.75) is 58.4 Å². The van der Waals surface area contributed by atoms with Gasteiger partial charge in [-0.15, -0.1) is 10.2 Å². The van der Waals surface area contributed by atoms with Crippen molar-refractivity contribution in [3.8, 4) is 5.75 Å². The molecule has 1 unspecified atom stereocenters. The van der Waals surface area contributed by atoms with Crippen LogP contribution in [0.1, 0.15) is 74.7 Å². The first-order chi connectivity index (χ1) is 19.5. The van der Waals surface area contributed by atoms with Gasteiger partial charge < -0.3 is 5.11 Å². The number of anilines is 1. The van der Waals surface area contributed by atoms with Crippen LogP contribution in [-0.2, 0) is 5.41 Å². The van der Waals surface area contributed by atoms with Crippen LogP contribution in [0.2, 0.25) is 0 Å². The van der Waals surface area contributed by atoms with Gasteiger partial charge in [0.15, 0.2) is 0 Å². The van der Waals surface area contributed by atoms with Gasteiger partial charge in [0.05, 0.1) is 0 Å². The SMILES string of the molecule is CC(C)(C)C1=NN(C(=NC(c2ccccc2)c2ccccc2)Nc2nnc(C(C)(C)C)s2)C(c2ccccc2O)S1. The van der Waals surface area contributed by atoms with Gasteiger partial charge in [0.1, 0.15) is 27.2 Å². The number of thioether (sulfide) groups is 1. The molecule has 0 bridgehead atoms. The fraction of sp³-hybridized carbons (Fsp3) is 0.312. The van der Waals surface area contributed by atoms with Crippen LogP contribution in [-0.4, -0.2) is 31.3 Å². The highest BCUT2D eigenvalue weighted by atomic mass is 32.2. The smallest absolute Gasteiger partial charge is 0.223 e. The normalized spacial score (nSPS) is 16.3. The number of benzene rings is 3. The first-order valence-electron chi connectivity index (χ1n) is 13.6. The van der Waals surface area contributed by atoms with Crippen LogP contribution in [0.5, 0.6) is 5.75 Å². The van der Waals surface area contributed by atoms with E-state index in [0.29, 0.717) is 11.1 Å². The minimum atomic E-state index is -0.334. The third-order valence-electron chi connectivity index (χ3n) is 6.47. The van der Waals surface area contributed by atoms with Crippen molar-refractivity contribution in [1.82, 2.24) is 15.2 Å². The fourth-order valence-electron chi connectivity index (χ4n) is 4.26. The molecular weight excluding hydrogens is 549 g/mol. The van der Waals surface area contributed by atoms with E-state index < -0.39 is 0 Å². The Kier molecular flexibility index (Phi) is 8.20. The van der Waals surface area contributed by atoms with E-state index in [2.05, 4.69) is 81.3 Å². The average Bonchev–Trinajstić information content (AvgIpc) is 3.60. The molecule has 1 atom stereocenters. The number of aromatic nitrogens is 2. The summed E-state index contributed by atoms with van der Waals surface area (Å²) in [7, 11) is 0. The highest BCUT2D eigenvalue weighted by Gasteiger charge is 2.39. The van der Waals surface area contributed by atoms with Gasteiger partial charge in [-0.3, -0.25) is 5.32 Å². The number of nitrogens with zero attached hydrogens (tertiary/aromatic N) is 5. The Morgan fingerprint density at radius 2 is 1.41 bits per heavy atom. The number of hydrazone groups is 1. The van der Waals surface area contributed by atoms with E-state index in [1.807, 2.05) is 59.6 Å². The summed E-state index contributed by atoms with van der Waals surface area (Å²) >= 11 is 3.13. The van der Waals surface area contributed by atoms with Gasteiger partial charge in [-0.1, -0.05) is 144 Å². The molecule has 2 heterocycles. The second-order valence-electron chi connectivity index (χ2n) is 12.0. The van der Waals surface area contributed by atoms with Crippen LogP contribution in [0.4, 0.5) is 5.13 Å². The molecule has 2 N–H and O–H groups in total. The van der Waals surface area contributed by atoms with E-state index in [0.717, 1.165) is 26.7 Å². The average molecular weight is 585 g/mol. The maximum atomic E-state index is 10.9. The molecule has 1 aliphatic heterocycles. The second kappa shape index (κ2) is 11.7. The van der Waals surface area contributed by atoms with Gasteiger partial charge in [-0.25, -0.2) is 10.0 Å². The monoisotopic (exact) mass is 584 g/mol. The number of phenolic OH excluding ortho intramolecular Hbond substituents is 1. The number of rotatable bonds is 5. The third-order valence-corrected chi connectivity index (χ3v) is 9.33. The van der Waals surface area contributed by atoms with Gasteiger partial charge in [0.25, 0.3) is 0 Å². The summed E-state index contributed by atoms with van der Waals surface area (Å²) in [5.74, 6) is 0.743. The molecule has 5 rings (SSSR count). The van der Waals surface area contributed by atoms with Crippen molar-refractivity contribution in [3.05, 3.63) is 107 Å². The predicted octanol–water partition coefficient (Wildman–Crippen LogP) is 8.21. The molecule has 0 saturated heterocycles. The van der Waals surface area contributed by atoms with Crippen molar-refractivity contribution in [1.29, 1.82) is 0 Å². The number of nitrogens with one attached hydrogen (secondary N) is 1. The van der Waals surface area contributed by atoms with E-state index in [9.17, 15) is 5.11 Å². The van der Waals surface area contributed by atoms with Crippen LogP contribution in [0.25, 0.3) is 0 Å². The molecule has 0 amide bonds. The number of hydrogen-bond acceptors (Lipinski definition) is 7. The van der Waals surface area contributed by atoms with Crippen LogP contribution in [0, 0.1) is 5.41 Å². The summed E-state index contributed by atoms with van der Waals surface area (Å²) in [6, 6.07) is 27.6. The maximum absolute atomic E-state index is 10.9. The Labute approximate surface area is 250 Å². The summed E-state index contributed by atoms with van der Waals surface area (Å²) in [4.78, 5) is 5.36. The lowest BCUT2D eigenvalue weighted by Crippen LogP contribution is -2.33. The highest BCUT2D eigenvalue weighted by Crippen LogP contribution is 2.47. The molecule has 212 valence electrons. The number of aliphatic imine (C=N–C) groups is 1. The largest absolute Gasteiger partial charge is 0.508 e. The topological polar surface area (TPSA) is 86.0 Å². The lowest BCUT2D eigenvalue weighted by molar-refractivity contribution is 0.406. The first kappa shape index (κ1) is 28.8. The van der Waals surface area contributed by atoms with E-state index in [-0.39, 0.29) is 28.0 Å². The molecule has 0 fully saturated rings. The van der Waals surface area contributed by atoms with E-state index in [4.69, 9.17) is 10.1 Å². The Morgan fingerprint density at radius 1 is 0.829 bits per heavy atom. The molecule has 0 spiro atoms. The second-order valence-corrected chi connectivity index (χ2v) is 14.0. The molecule has 1 aromatic heterocycles. The van der Waals surface area contributed by atoms with Gasteiger partial charge >= 0.3 is 0 Å². The van der Waals surface area contributed by atoms with Crippen LogP contribution >= 0.6 is 23.1 Å². The standard InChI is InChI=1S/C32H36N6OS2/c1-31(2,3)27-35-36-30(41-27)34-29(33-25(21-15-9-7-10-16-21)22-17-11-8-12-18-22)38-26(23-19-13-14-20-24(23)39)40-28(37-38)32(4,5)6/h7-20,25-26,39H,1-6H3,(H,33,34,36). The van der Waals surface area contributed by atoms with Gasteiger partial charge in [-0.05, 0) is 17.2 Å². The lowest BCUT2D eigenvalue weighted by Gasteiger charge is -2.26. The van der Waals surface area contributed by atoms with Crippen molar-refractivity contribution in [2.75, 3.05) is 5.32 Å². The zero-order valence-electron chi connectivity index (χ0n) is 24.2. The Bertz CT molecular complexity index is 1500. The summed E-state index contributed by atoms with van der Waals surface area (Å²) in [6.07, 6.45) is 0. The number of phenols is 1. The molecule has 7 nitrogen and oxygen atoms in total. The Balaban J connectivity index is 1.68. The summed E-state index contributed by atoms with van der Waals surface area (Å²) < 4.78 is 0. The number of para-hydroxylation sites is 1. The number of guanidine groups is 1. The molecule has 1 aliphatic rings. The van der Waals surface area contributed by atoms with E-state index in [1.165, 1.54) is 11.3 Å². The van der Waals surface area contributed by atoms with Crippen molar-refractivity contribution >= 4 is 39.2 Å². The van der Waals surface area contributed by atoms with Gasteiger partial charge in [0, 0.05) is 16.4 Å². The molecule has 4 aromatic rings. The summed E-state index contributed by atoms with van der Waals surface area (Å²) in [5, 5.41) is 32.5. The fourth-order valence-corrected chi connectivity index (χ4v) is 6.33. The zero-order valence-corrected chi connectivity index (χ0v) is 25.9. The molecule has 0 radical (unpaired) electrons. The molecule has 9 heteroatoms. The van der Waals surface area contributed by atoms with Crippen molar-refractivity contribution in [3.63, 3.8) is 0 Å². The zero-order chi connectivity index (χ0) is 29.2. The Morgan fingerprint density at radius 3 is 1.95 bits per heavy atom. The number of hydrogen-bond donors (Lipinski definition) is 2.